The van der Waals surface area contributed by atoms with Crippen molar-refractivity contribution in [2.24, 2.45) is 0 Å². The van der Waals surface area contributed by atoms with Gasteiger partial charge in [-0.1, -0.05) is 55.4 Å². The lowest BCUT2D eigenvalue weighted by molar-refractivity contribution is 0.0451. The second-order valence-electron chi connectivity index (χ2n) is 9.93. The molecule has 4 nitrogen and oxygen atoms in total. The molecule has 1 aromatic heterocycles. The van der Waals surface area contributed by atoms with Crippen molar-refractivity contribution in [3.05, 3.63) is 9.75 Å². The predicted octanol–water partition coefficient (Wildman–Crippen LogP) is 7.90. The van der Waals surface area contributed by atoms with E-state index in [2.05, 4.69) is 69.2 Å². The predicted molar refractivity (Wildman–Crippen MR) is 138 cm³/mol. The number of ether oxygens (including phenoxy) is 4. The lowest BCUT2D eigenvalue weighted by atomic mass is 9.82. The minimum absolute atomic E-state index is 0.00466. The van der Waals surface area contributed by atoms with Crippen LogP contribution in [0.4, 0.5) is 0 Å². The maximum absolute atomic E-state index is 6.64. The van der Waals surface area contributed by atoms with Crippen LogP contribution in [0, 0.1) is 0 Å². The van der Waals surface area contributed by atoms with Crippen LogP contribution in [0.2, 0.25) is 0 Å². The molecule has 0 fully saturated rings. The third-order valence-corrected chi connectivity index (χ3v) is 8.29. The lowest BCUT2D eigenvalue weighted by Gasteiger charge is -2.28. The maximum atomic E-state index is 6.64. The average molecular weight is 471 g/mol. The van der Waals surface area contributed by atoms with Crippen LogP contribution in [-0.2, 0) is 20.3 Å². The standard InChI is InChI=1S/C27H50O4S/c1-11-16-28-18-20(6)30-22-23(31-21(7)19-29-17-12-2)25(27(10,14-4)15-5)32-24(22)26(8,9)13-3/h20-21H,11-19H2,1-10H3. The number of thiophene rings is 1. The summed E-state index contributed by atoms with van der Waals surface area (Å²) < 4.78 is 24.8. The first-order valence-electron chi connectivity index (χ1n) is 12.8. The smallest absolute Gasteiger partial charge is 0.176 e. The number of rotatable bonds is 17. The van der Waals surface area contributed by atoms with Gasteiger partial charge in [0.1, 0.15) is 12.2 Å². The highest BCUT2D eigenvalue weighted by Gasteiger charge is 2.38. The Morgan fingerprint density at radius 3 is 1.50 bits per heavy atom. The zero-order valence-electron chi connectivity index (χ0n) is 22.6. The average Bonchev–Trinajstić information content (AvgIpc) is 3.12. The fourth-order valence-electron chi connectivity index (χ4n) is 3.45. The van der Waals surface area contributed by atoms with Gasteiger partial charge in [-0.25, -0.2) is 0 Å². The molecule has 2 atom stereocenters. The van der Waals surface area contributed by atoms with Crippen molar-refractivity contribution < 1.29 is 18.9 Å². The summed E-state index contributed by atoms with van der Waals surface area (Å²) in [5.74, 6) is 1.84. The summed E-state index contributed by atoms with van der Waals surface area (Å²) in [4.78, 5) is 2.58. The Morgan fingerprint density at radius 2 is 1.12 bits per heavy atom. The Kier molecular flexibility index (Phi) is 12.6. The minimum atomic E-state index is -0.0427. The molecule has 188 valence electrons. The zero-order chi connectivity index (χ0) is 24.4. The fraction of sp³-hybridized carbons (Fsp3) is 0.852. The van der Waals surface area contributed by atoms with E-state index < -0.39 is 0 Å². The first-order valence-corrected chi connectivity index (χ1v) is 13.6. The van der Waals surface area contributed by atoms with Gasteiger partial charge in [0.2, 0.25) is 0 Å². The third-order valence-electron chi connectivity index (χ3n) is 6.47. The van der Waals surface area contributed by atoms with E-state index in [1.54, 1.807) is 0 Å². The van der Waals surface area contributed by atoms with E-state index in [-0.39, 0.29) is 23.0 Å². The van der Waals surface area contributed by atoms with Crippen LogP contribution in [0.15, 0.2) is 0 Å². The van der Waals surface area contributed by atoms with E-state index in [1.807, 2.05) is 11.3 Å². The Balaban J connectivity index is 3.48. The molecule has 0 amide bonds. The van der Waals surface area contributed by atoms with Crippen molar-refractivity contribution in [1.29, 1.82) is 0 Å². The van der Waals surface area contributed by atoms with Crippen molar-refractivity contribution in [3.8, 4) is 11.5 Å². The first kappa shape index (κ1) is 29.3. The van der Waals surface area contributed by atoms with Crippen LogP contribution in [0.3, 0.4) is 0 Å². The quantitative estimate of drug-likeness (QED) is 0.217. The topological polar surface area (TPSA) is 36.9 Å². The van der Waals surface area contributed by atoms with Crippen LogP contribution in [-0.4, -0.2) is 38.6 Å². The lowest BCUT2D eigenvalue weighted by Crippen LogP contribution is -2.25. The molecule has 0 saturated carbocycles. The molecule has 0 saturated heterocycles. The summed E-state index contributed by atoms with van der Waals surface area (Å²) in [6.07, 6.45) is 5.09. The normalized spacial score (nSPS) is 14.4. The highest BCUT2D eigenvalue weighted by atomic mass is 32.1. The summed E-state index contributed by atoms with van der Waals surface area (Å²) in [6.45, 7) is 24.9. The molecule has 32 heavy (non-hydrogen) atoms. The van der Waals surface area contributed by atoms with Gasteiger partial charge in [-0.05, 0) is 46.0 Å². The summed E-state index contributed by atoms with van der Waals surface area (Å²) in [6, 6.07) is 0. The van der Waals surface area contributed by atoms with Crippen molar-refractivity contribution in [1.82, 2.24) is 0 Å². The van der Waals surface area contributed by atoms with Gasteiger partial charge in [-0.15, -0.1) is 11.3 Å². The molecule has 0 aromatic carbocycles. The van der Waals surface area contributed by atoms with Gasteiger partial charge >= 0.3 is 0 Å². The summed E-state index contributed by atoms with van der Waals surface area (Å²) in [7, 11) is 0. The van der Waals surface area contributed by atoms with Crippen LogP contribution < -0.4 is 9.47 Å². The van der Waals surface area contributed by atoms with Crippen molar-refractivity contribution in [2.45, 2.75) is 124 Å². The zero-order valence-corrected chi connectivity index (χ0v) is 23.4. The Bertz CT molecular complexity index is 648. The second kappa shape index (κ2) is 13.8. The van der Waals surface area contributed by atoms with E-state index in [0.29, 0.717) is 13.2 Å². The third kappa shape index (κ3) is 7.92. The van der Waals surface area contributed by atoms with E-state index in [0.717, 1.165) is 56.8 Å². The monoisotopic (exact) mass is 470 g/mol. The highest BCUT2D eigenvalue weighted by molar-refractivity contribution is 7.13. The summed E-state index contributed by atoms with van der Waals surface area (Å²) >= 11 is 1.88. The minimum Gasteiger partial charge on any atom is -0.483 e. The largest absolute Gasteiger partial charge is 0.483 e. The van der Waals surface area contributed by atoms with E-state index >= 15 is 0 Å². The van der Waals surface area contributed by atoms with Gasteiger partial charge in [0.15, 0.2) is 11.5 Å². The fourth-order valence-corrected chi connectivity index (χ4v) is 5.07. The van der Waals surface area contributed by atoms with Crippen LogP contribution in [0.1, 0.15) is 111 Å². The Labute approximate surface area is 202 Å². The molecular weight excluding hydrogens is 420 g/mol. The Morgan fingerprint density at radius 1 is 0.688 bits per heavy atom. The van der Waals surface area contributed by atoms with E-state index in [1.165, 1.54) is 9.75 Å². The molecule has 2 unspecified atom stereocenters. The second-order valence-corrected chi connectivity index (χ2v) is 11.0. The molecule has 0 aliphatic carbocycles. The SMILES string of the molecule is CCCOCC(C)Oc1c(C(C)(C)CC)sc(C(C)(CC)CC)c1OC(C)COCCC. The molecule has 0 N–H and O–H groups in total. The van der Waals surface area contributed by atoms with Crippen LogP contribution >= 0.6 is 11.3 Å². The molecule has 0 bridgehead atoms. The van der Waals surface area contributed by atoms with Crippen LogP contribution in [0.25, 0.3) is 0 Å². The van der Waals surface area contributed by atoms with Crippen molar-refractivity contribution in [3.63, 3.8) is 0 Å². The Hall–Kier alpha value is -0.780. The van der Waals surface area contributed by atoms with Crippen LogP contribution in [0.5, 0.6) is 11.5 Å². The van der Waals surface area contributed by atoms with Gasteiger partial charge in [-0.2, -0.15) is 0 Å². The van der Waals surface area contributed by atoms with E-state index in [4.69, 9.17) is 18.9 Å². The van der Waals surface area contributed by atoms with Crippen molar-refractivity contribution in [2.75, 3.05) is 26.4 Å². The van der Waals surface area contributed by atoms with Gasteiger partial charge in [0, 0.05) is 24.0 Å². The summed E-state index contributed by atoms with van der Waals surface area (Å²) in [5.41, 5.74) is 0.0524. The molecule has 0 radical (unpaired) electrons. The molecule has 0 spiro atoms. The molecule has 1 aromatic rings. The van der Waals surface area contributed by atoms with E-state index in [9.17, 15) is 0 Å². The number of hydrogen-bond donors (Lipinski definition) is 0. The molecular formula is C27H50O4S. The number of hydrogen-bond acceptors (Lipinski definition) is 5. The molecule has 5 heteroatoms. The molecule has 1 rings (SSSR count). The molecule has 0 aliphatic heterocycles. The molecule has 1 heterocycles. The van der Waals surface area contributed by atoms with Gasteiger partial charge < -0.3 is 18.9 Å². The van der Waals surface area contributed by atoms with Gasteiger partial charge in [0.25, 0.3) is 0 Å². The maximum Gasteiger partial charge on any atom is 0.176 e. The van der Waals surface area contributed by atoms with Gasteiger partial charge in [-0.3, -0.25) is 0 Å². The highest BCUT2D eigenvalue weighted by Crippen LogP contribution is 2.54. The molecule has 0 aliphatic rings. The van der Waals surface area contributed by atoms with Gasteiger partial charge in [0.05, 0.1) is 23.0 Å². The van der Waals surface area contributed by atoms with Crippen molar-refractivity contribution >= 4 is 11.3 Å². The first-order chi connectivity index (χ1) is 15.1. The summed E-state index contributed by atoms with van der Waals surface area (Å²) in [5, 5.41) is 0.